The van der Waals surface area contributed by atoms with Crippen LogP contribution in [0.25, 0.3) is 5.82 Å². The maximum absolute atomic E-state index is 11.3. The van der Waals surface area contributed by atoms with Crippen LogP contribution < -0.4 is 5.56 Å². The Hall–Kier alpha value is -1.71. The van der Waals surface area contributed by atoms with E-state index in [0.717, 1.165) is 0 Å². The summed E-state index contributed by atoms with van der Waals surface area (Å²) in [6.45, 7) is 0. The van der Waals surface area contributed by atoms with Gasteiger partial charge in [-0.25, -0.2) is 14.5 Å². The van der Waals surface area contributed by atoms with Gasteiger partial charge >= 0.3 is 5.97 Å². The molecule has 82 valence electrons. The number of H-pyrrole nitrogens is 1. The molecule has 2 aromatic rings. The molecule has 2 heterocycles. The first-order valence-electron chi connectivity index (χ1n) is 4.12. The first kappa shape index (κ1) is 10.8. The summed E-state index contributed by atoms with van der Waals surface area (Å²) in [6, 6.07) is 1.33. The van der Waals surface area contributed by atoms with Crippen LogP contribution in [0.4, 0.5) is 0 Å². The topological polar surface area (TPSA) is 101 Å². The number of carboxylic acids is 1. The molecule has 16 heavy (non-hydrogen) atoms. The molecule has 2 rings (SSSR count). The van der Waals surface area contributed by atoms with Gasteiger partial charge in [0.25, 0.3) is 5.56 Å². The molecule has 8 heteroatoms. The zero-order valence-corrected chi connectivity index (χ0v) is 9.87. The first-order valence-corrected chi connectivity index (χ1v) is 5.20. The minimum atomic E-state index is -1.13. The summed E-state index contributed by atoms with van der Waals surface area (Å²) in [6.07, 6.45) is 2.68. The Labute approximate surface area is 102 Å². The van der Waals surface area contributed by atoms with Gasteiger partial charge in [-0.15, -0.1) is 0 Å². The highest BCUT2D eigenvalue weighted by atomic mass is 127. The van der Waals surface area contributed by atoms with E-state index in [9.17, 15) is 9.59 Å². The lowest BCUT2D eigenvalue weighted by Crippen LogP contribution is -2.15. The highest BCUT2D eigenvalue weighted by molar-refractivity contribution is 14.1. The number of aromatic nitrogens is 4. The Balaban J connectivity index is 2.55. The molecule has 2 N–H and O–H groups in total. The van der Waals surface area contributed by atoms with Gasteiger partial charge in [0.2, 0.25) is 0 Å². The van der Waals surface area contributed by atoms with Crippen LogP contribution >= 0.6 is 22.6 Å². The van der Waals surface area contributed by atoms with Gasteiger partial charge in [-0.1, -0.05) is 0 Å². The third-order valence-corrected chi connectivity index (χ3v) is 2.78. The predicted octanol–water partition coefficient (Wildman–Crippen LogP) is 0.258. The van der Waals surface area contributed by atoms with Crippen molar-refractivity contribution in [2.75, 3.05) is 0 Å². The normalized spacial score (nSPS) is 10.3. The van der Waals surface area contributed by atoms with Crippen LogP contribution in [0.15, 0.2) is 23.4 Å². The second-order valence-corrected chi connectivity index (χ2v) is 3.90. The second-order valence-electron chi connectivity index (χ2n) is 2.82. The molecule has 0 unspecified atom stereocenters. The molecule has 0 spiro atoms. The number of carbonyl (C=O) groups is 1. The second kappa shape index (κ2) is 4.04. The van der Waals surface area contributed by atoms with E-state index in [1.165, 1.54) is 23.3 Å². The van der Waals surface area contributed by atoms with Gasteiger partial charge in [-0.05, 0) is 28.7 Å². The third kappa shape index (κ3) is 1.83. The largest absolute Gasteiger partial charge is 0.476 e. The molecule has 0 bridgehead atoms. The molecule has 0 aromatic carbocycles. The molecular weight excluding hydrogens is 327 g/mol. The zero-order valence-electron chi connectivity index (χ0n) is 7.72. The number of aromatic amines is 1. The molecule has 0 aliphatic heterocycles. The molecule has 0 saturated heterocycles. The summed E-state index contributed by atoms with van der Waals surface area (Å²) >= 11 is 1.82. The smallest absolute Gasteiger partial charge is 0.356 e. The van der Waals surface area contributed by atoms with Crippen LogP contribution in [-0.2, 0) is 0 Å². The average Bonchev–Trinajstić information content (AvgIpc) is 2.71. The SMILES string of the molecule is O=C(O)c1ccn(-c2nc[nH]c(=O)c2I)n1. The molecule has 2 aromatic heterocycles. The molecule has 0 aliphatic carbocycles. The summed E-state index contributed by atoms with van der Waals surface area (Å²) in [5, 5.41) is 12.5. The van der Waals surface area contributed by atoms with Gasteiger partial charge < -0.3 is 10.1 Å². The van der Waals surface area contributed by atoms with Gasteiger partial charge in [0.15, 0.2) is 11.5 Å². The Morgan fingerprint density at radius 2 is 2.31 bits per heavy atom. The van der Waals surface area contributed by atoms with Crippen LogP contribution in [0, 0.1) is 3.57 Å². The molecule has 0 aliphatic rings. The Morgan fingerprint density at radius 3 is 2.94 bits per heavy atom. The van der Waals surface area contributed by atoms with Crippen molar-refractivity contribution < 1.29 is 9.90 Å². The highest BCUT2D eigenvalue weighted by Gasteiger charge is 2.11. The molecule has 0 radical (unpaired) electrons. The van der Waals surface area contributed by atoms with E-state index in [-0.39, 0.29) is 11.3 Å². The van der Waals surface area contributed by atoms with E-state index in [4.69, 9.17) is 5.11 Å². The number of carboxylic acid groups (broad SMARTS) is 1. The van der Waals surface area contributed by atoms with Crippen molar-refractivity contribution in [3.8, 4) is 5.82 Å². The molecule has 0 fully saturated rings. The van der Waals surface area contributed by atoms with E-state index < -0.39 is 5.97 Å². The molecule has 7 nitrogen and oxygen atoms in total. The van der Waals surface area contributed by atoms with Gasteiger partial charge in [0.05, 0.1) is 6.33 Å². The molecule has 0 saturated carbocycles. The summed E-state index contributed by atoms with van der Waals surface area (Å²) in [5.41, 5.74) is -0.393. The summed E-state index contributed by atoms with van der Waals surface area (Å²) in [5.74, 6) is -0.824. The van der Waals surface area contributed by atoms with Crippen molar-refractivity contribution in [2.45, 2.75) is 0 Å². The molecular formula is C8H5IN4O3. The van der Waals surface area contributed by atoms with E-state index in [1.807, 2.05) is 22.6 Å². The van der Waals surface area contributed by atoms with E-state index in [0.29, 0.717) is 9.39 Å². The number of nitrogens with zero attached hydrogens (tertiary/aromatic N) is 3. The van der Waals surface area contributed by atoms with E-state index in [2.05, 4.69) is 15.1 Å². The van der Waals surface area contributed by atoms with Gasteiger partial charge in [-0.2, -0.15) is 5.10 Å². The van der Waals surface area contributed by atoms with Crippen LogP contribution in [0.5, 0.6) is 0 Å². The van der Waals surface area contributed by atoms with Crippen molar-refractivity contribution in [1.82, 2.24) is 19.7 Å². The van der Waals surface area contributed by atoms with Gasteiger partial charge in [0, 0.05) is 6.20 Å². The Morgan fingerprint density at radius 1 is 1.56 bits per heavy atom. The Kier molecular flexibility index (Phi) is 2.73. The summed E-state index contributed by atoms with van der Waals surface area (Å²) < 4.78 is 1.60. The first-order chi connectivity index (χ1) is 7.59. The van der Waals surface area contributed by atoms with Crippen molar-refractivity contribution in [3.05, 3.63) is 38.2 Å². The number of rotatable bonds is 2. The predicted molar refractivity (Wildman–Crippen MR) is 61.7 cm³/mol. The van der Waals surface area contributed by atoms with Crippen molar-refractivity contribution in [2.24, 2.45) is 0 Å². The zero-order chi connectivity index (χ0) is 11.7. The monoisotopic (exact) mass is 332 g/mol. The minimum absolute atomic E-state index is 0.0992. The van der Waals surface area contributed by atoms with Crippen LogP contribution in [0.1, 0.15) is 10.5 Å². The van der Waals surface area contributed by atoms with E-state index in [1.54, 1.807) is 0 Å². The standard InChI is InChI=1S/C8H5IN4O3/c9-5-6(10-3-11-7(5)14)13-2-1-4(12-13)8(15)16/h1-3H,(H,15,16)(H,10,11,14). The lowest BCUT2D eigenvalue weighted by atomic mass is 10.5. The molecule has 0 amide bonds. The van der Waals surface area contributed by atoms with Crippen LogP contribution in [-0.4, -0.2) is 30.8 Å². The van der Waals surface area contributed by atoms with Crippen molar-refractivity contribution in [1.29, 1.82) is 0 Å². The maximum Gasteiger partial charge on any atom is 0.356 e. The summed E-state index contributed by atoms with van der Waals surface area (Å²) in [7, 11) is 0. The third-order valence-electron chi connectivity index (χ3n) is 1.80. The van der Waals surface area contributed by atoms with Crippen molar-refractivity contribution >= 4 is 28.6 Å². The minimum Gasteiger partial charge on any atom is -0.476 e. The number of nitrogens with one attached hydrogen (secondary N) is 1. The fraction of sp³-hybridized carbons (Fsp3) is 0. The lowest BCUT2D eigenvalue weighted by Gasteiger charge is -2.00. The Bertz CT molecular complexity index is 603. The quantitative estimate of drug-likeness (QED) is 0.768. The number of halogens is 1. The van der Waals surface area contributed by atoms with Gasteiger partial charge in [-0.3, -0.25) is 4.79 Å². The van der Waals surface area contributed by atoms with E-state index >= 15 is 0 Å². The van der Waals surface area contributed by atoms with Gasteiger partial charge in [0.1, 0.15) is 3.57 Å². The average molecular weight is 332 g/mol. The van der Waals surface area contributed by atoms with Crippen molar-refractivity contribution in [3.63, 3.8) is 0 Å². The van der Waals surface area contributed by atoms with Crippen LogP contribution in [0.2, 0.25) is 0 Å². The fourth-order valence-electron chi connectivity index (χ4n) is 1.09. The van der Waals surface area contributed by atoms with Crippen LogP contribution in [0.3, 0.4) is 0 Å². The highest BCUT2D eigenvalue weighted by Crippen LogP contribution is 2.09. The number of hydrogen-bond donors (Lipinski definition) is 2. The molecule has 0 atom stereocenters. The lowest BCUT2D eigenvalue weighted by molar-refractivity contribution is 0.0690. The fourth-order valence-corrected chi connectivity index (χ4v) is 1.63. The maximum atomic E-state index is 11.3. The number of hydrogen-bond acceptors (Lipinski definition) is 4. The number of aromatic carboxylic acids is 1. The summed E-state index contributed by atoms with van der Waals surface area (Å²) in [4.78, 5) is 28.3.